The minimum Gasteiger partial charge on any atom is -0.396 e. The summed E-state index contributed by atoms with van der Waals surface area (Å²) in [6, 6.07) is 7.90. The summed E-state index contributed by atoms with van der Waals surface area (Å²) in [5.74, 6) is 0.857. The third kappa shape index (κ3) is 2.76. The molecule has 0 aliphatic carbocycles. The van der Waals surface area contributed by atoms with Crippen LogP contribution in [0.2, 0.25) is 0 Å². The van der Waals surface area contributed by atoms with Gasteiger partial charge >= 0.3 is 0 Å². The Balaban J connectivity index is 2.78. The van der Waals surface area contributed by atoms with Crippen LogP contribution in [-0.4, -0.2) is 17.5 Å². The zero-order valence-corrected chi connectivity index (χ0v) is 8.97. The molecule has 1 N–H and O–H groups in total. The molecule has 0 unspecified atom stereocenters. The lowest BCUT2D eigenvalue weighted by Gasteiger charge is -2.06. The summed E-state index contributed by atoms with van der Waals surface area (Å²) in [5.41, 5.74) is 1.86. The lowest BCUT2D eigenvalue weighted by Crippen LogP contribution is -1.90. The van der Waals surface area contributed by atoms with E-state index in [1.807, 2.05) is 25.1 Å². The fraction of sp³-hybridized carbons (Fsp3) is 0.364. The molecule has 0 spiro atoms. The van der Waals surface area contributed by atoms with E-state index >= 15 is 0 Å². The van der Waals surface area contributed by atoms with Gasteiger partial charge in [0.05, 0.1) is 5.56 Å². The van der Waals surface area contributed by atoms with Crippen LogP contribution < -0.4 is 0 Å². The summed E-state index contributed by atoms with van der Waals surface area (Å²) < 4.78 is 0. The van der Waals surface area contributed by atoms with Gasteiger partial charge in [0.25, 0.3) is 0 Å². The van der Waals surface area contributed by atoms with Gasteiger partial charge in [-0.3, -0.25) is 0 Å². The predicted octanol–water partition coefficient (Wildman–Crippen LogP) is 2.34. The van der Waals surface area contributed by atoms with Crippen LogP contribution in [0, 0.1) is 18.3 Å². The van der Waals surface area contributed by atoms with Gasteiger partial charge in [0.1, 0.15) is 6.07 Å². The molecule has 0 heterocycles. The number of benzene rings is 1. The molecule has 0 atom stereocenters. The Morgan fingerprint density at radius 3 is 2.93 bits per heavy atom. The Bertz CT molecular complexity index is 344. The highest BCUT2D eigenvalue weighted by atomic mass is 32.2. The largest absolute Gasteiger partial charge is 0.396 e. The molecule has 3 heteroatoms. The number of hydrogen-bond donors (Lipinski definition) is 1. The lowest BCUT2D eigenvalue weighted by molar-refractivity contribution is 0.296. The zero-order valence-electron chi connectivity index (χ0n) is 8.16. The number of aryl methyl sites for hydroxylation is 1. The van der Waals surface area contributed by atoms with Crippen LogP contribution in [0.3, 0.4) is 0 Å². The van der Waals surface area contributed by atoms with Crippen LogP contribution in [0.15, 0.2) is 23.1 Å². The smallest absolute Gasteiger partial charge is 0.100 e. The maximum atomic E-state index is 8.89. The highest BCUT2D eigenvalue weighted by molar-refractivity contribution is 7.99. The third-order valence-electron chi connectivity index (χ3n) is 1.88. The van der Waals surface area contributed by atoms with Crippen molar-refractivity contribution < 1.29 is 5.11 Å². The second kappa shape index (κ2) is 5.69. The molecule has 1 rings (SSSR count). The summed E-state index contributed by atoms with van der Waals surface area (Å²) in [5, 5.41) is 17.5. The molecule has 0 amide bonds. The Kier molecular flexibility index (Phi) is 4.51. The highest BCUT2D eigenvalue weighted by Crippen LogP contribution is 2.26. The first-order valence-electron chi connectivity index (χ1n) is 4.53. The molecule has 0 aromatic heterocycles. The van der Waals surface area contributed by atoms with Crippen molar-refractivity contribution in [1.29, 1.82) is 5.26 Å². The van der Waals surface area contributed by atoms with Crippen molar-refractivity contribution in [3.8, 4) is 6.07 Å². The zero-order chi connectivity index (χ0) is 10.4. The third-order valence-corrected chi connectivity index (χ3v) is 3.20. The number of nitrogens with zero attached hydrogens (tertiary/aromatic N) is 1. The average Bonchev–Trinajstić information content (AvgIpc) is 2.20. The lowest BCUT2D eigenvalue weighted by atomic mass is 10.1. The SMILES string of the molecule is Cc1cccc(C#N)c1SCCCO. The first-order valence-corrected chi connectivity index (χ1v) is 5.51. The van der Waals surface area contributed by atoms with Crippen LogP contribution >= 0.6 is 11.8 Å². The van der Waals surface area contributed by atoms with E-state index < -0.39 is 0 Å². The maximum Gasteiger partial charge on any atom is 0.100 e. The van der Waals surface area contributed by atoms with E-state index in [1.165, 1.54) is 0 Å². The van der Waals surface area contributed by atoms with Gasteiger partial charge in [0, 0.05) is 17.3 Å². The highest BCUT2D eigenvalue weighted by Gasteiger charge is 2.04. The molecule has 0 radical (unpaired) electrons. The fourth-order valence-corrected chi connectivity index (χ4v) is 2.21. The van der Waals surface area contributed by atoms with Gasteiger partial charge in [0.2, 0.25) is 0 Å². The Morgan fingerprint density at radius 2 is 2.29 bits per heavy atom. The Labute approximate surface area is 88.6 Å². The molecular weight excluding hydrogens is 194 g/mol. The average molecular weight is 207 g/mol. The van der Waals surface area contributed by atoms with Crippen molar-refractivity contribution in [2.24, 2.45) is 0 Å². The molecule has 1 aromatic carbocycles. The number of rotatable bonds is 4. The summed E-state index contributed by atoms with van der Waals surface area (Å²) >= 11 is 1.64. The van der Waals surface area contributed by atoms with Crippen LogP contribution in [0.25, 0.3) is 0 Å². The Hall–Kier alpha value is -0.980. The number of nitriles is 1. The van der Waals surface area contributed by atoms with Gasteiger partial charge < -0.3 is 5.11 Å². The molecule has 0 saturated heterocycles. The normalized spacial score (nSPS) is 9.79. The predicted molar refractivity (Wildman–Crippen MR) is 58.3 cm³/mol. The first kappa shape index (κ1) is 11.1. The van der Waals surface area contributed by atoms with Crippen molar-refractivity contribution in [3.63, 3.8) is 0 Å². The maximum absolute atomic E-state index is 8.89. The molecule has 74 valence electrons. The first-order chi connectivity index (χ1) is 6.79. The molecular formula is C11H13NOS. The van der Waals surface area contributed by atoms with E-state index in [0.29, 0.717) is 0 Å². The number of thioether (sulfide) groups is 1. The summed E-state index contributed by atoms with van der Waals surface area (Å²) in [6.07, 6.45) is 0.768. The van der Waals surface area contributed by atoms with E-state index in [9.17, 15) is 0 Å². The molecule has 1 aromatic rings. The van der Waals surface area contributed by atoms with E-state index in [2.05, 4.69) is 6.07 Å². The van der Waals surface area contributed by atoms with Crippen LogP contribution in [0.5, 0.6) is 0 Å². The minimum absolute atomic E-state index is 0.209. The van der Waals surface area contributed by atoms with E-state index in [0.717, 1.165) is 28.2 Å². The van der Waals surface area contributed by atoms with Gasteiger partial charge in [-0.2, -0.15) is 5.26 Å². The molecule has 0 fully saturated rings. The summed E-state index contributed by atoms with van der Waals surface area (Å²) in [4.78, 5) is 1.04. The Morgan fingerprint density at radius 1 is 1.50 bits per heavy atom. The summed E-state index contributed by atoms with van der Waals surface area (Å²) in [6.45, 7) is 2.21. The fourth-order valence-electron chi connectivity index (χ4n) is 1.17. The van der Waals surface area contributed by atoms with Crippen LogP contribution in [0.1, 0.15) is 17.5 Å². The number of aliphatic hydroxyl groups excluding tert-OH is 1. The van der Waals surface area contributed by atoms with Crippen molar-refractivity contribution in [2.75, 3.05) is 12.4 Å². The van der Waals surface area contributed by atoms with Crippen molar-refractivity contribution in [3.05, 3.63) is 29.3 Å². The standard InChI is InChI=1S/C11H13NOS/c1-9-4-2-5-10(8-12)11(9)14-7-3-6-13/h2,4-5,13H,3,6-7H2,1H3. The molecule has 14 heavy (non-hydrogen) atoms. The van der Waals surface area contributed by atoms with Crippen LogP contribution in [0.4, 0.5) is 0 Å². The molecule has 2 nitrogen and oxygen atoms in total. The summed E-state index contributed by atoms with van der Waals surface area (Å²) in [7, 11) is 0. The van der Waals surface area contributed by atoms with Gasteiger partial charge in [-0.15, -0.1) is 11.8 Å². The molecule has 0 aliphatic rings. The minimum atomic E-state index is 0.209. The quantitative estimate of drug-likeness (QED) is 0.609. The second-order valence-corrected chi connectivity index (χ2v) is 4.09. The number of aliphatic hydroxyl groups is 1. The number of hydrogen-bond acceptors (Lipinski definition) is 3. The van der Waals surface area contributed by atoms with Gasteiger partial charge in [0.15, 0.2) is 0 Å². The molecule has 0 bridgehead atoms. The van der Waals surface area contributed by atoms with Crippen molar-refractivity contribution in [1.82, 2.24) is 0 Å². The second-order valence-electron chi connectivity index (χ2n) is 2.99. The van der Waals surface area contributed by atoms with Crippen molar-refractivity contribution in [2.45, 2.75) is 18.2 Å². The molecule has 0 saturated carbocycles. The topological polar surface area (TPSA) is 44.0 Å². The van der Waals surface area contributed by atoms with Gasteiger partial charge in [-0.1, -0.05) is 12.1 Å². The van der Waals surface area contributed by atoms with Gasteiger partial charge in [-0.25, -0.2) is 0 Å². The van der Waals surface area contributed by atoms with Crippen LogP contribution in [-0.2, 0) is 0 Å². The van der Waals surface area contributed by atoms with Gasteiger partial charge in [-0.05, 0) is 25.0 Å². The molecule has 0 aliphatic heterocycles. The van der Waals surface area contributed by atoms with E-state index in [4.69, 9.17) is 10.4 Å². The monoisotopic (exact) mass is 207 g/mol. The van der Waals surface area contributed by atoms with Crippen molar-refractivity contribution >= 4 is 11.8 Å². The van der Waals surface area contributed by atoms with E-state index in [1.54, 1.807) is 11.8 Å². The van der Waals surface area contributed by atoms with E-state index in [-0.39, 0.29) is 6.61 Å².